The van der Waals surface area contributed by atoms with Gasteiger partial charge in [-0.05, 0) is 49.4 Å². The molecule has 0 aromatic heterocycles. The van der Waals surface area contributed by atoms with Gasteiger partial charge in [0.15, 0.2) is 9.84 Å². The molecule has 0 fully saturated rings. The molecule has 0 heterocycles. The lowest BCUT2D eigenvalue weighted by Gasteiger charge is -2.18. The molecule has 4 nitrogen and oxygen atoms in total. The number of benzene rings is 2. The van der Waals surface area contributed by atoms with E-state index in [1.807, 2.05) is 37.3 Å². The van der Waals surface area contributed by atoms with Crippen molar-refractivity contribution in [1.82, 2.24) is 4.90 Å². The van der Waals surface area contributed by atoms with E-state index in [-0.39, 0.29) is 10.8 Å². The second kappa shape index (κ2) is 8.53. The van der Waals surface area contributed by atoms with Crippen molar-refractivity contribution >= 4 is 9.84 Å². The summed E-state index contributed by atoms with van der Waals surface area (Å²) in [7, 11) is -3.42. The molecule has 2 rings (SSSR count). The summed E-state index contributed by atoms with van der Waals surface area (Å²) in [5.74, 6) is 3.72. The molecule has 2 aromatic rings. The van der Waals surface area contributed by atoms with Gasteiger partial charge in [-0.25, -0.2) is 8.42 Å². The van der Waals surface area contributed by atoms with Crippen LogP contribution in [0.5, 0.6) is 11.5 Å². The number of nitrogens with zero attached hydrogens (tertiary/aromatic N) is 1. The molecule has 0 N–H and O–H groups in total. The molecule has 0 aliphatic rings. The minimum atomic E-state index is -3.42. The Morgan fingerprint density at radius 3 is 2.25 bits per heavy atom. The highest BCUT2D eigenvalue weighted by Gasteiger charge is 2.18. The summed E-state index contributed by atoms with van der Waals surface area (Å²) in [4.78, 5) is 2.02. The van der Waals surface area contributed by atoms with Crippen molar-refractivity contribution in [3.8, 4) is 23.8 Å². The number of hydrogen-bond acceptors (Lipinski definition) is 4. The molecule has 0 saturated heterocycles. The Bertz CT molecular complexity index is 778. The van der Waals surface area contributed by atoms with Gasteiger partial charge < -0.3 is 4.74 Å². The Hall–Kier alpha value is -2.29. The standard InChI is InChI=1S/C19H21NO3S/c1-3-14-20(15-4-2)16-24(21,22)19-12-10-18(11-13-19)23-17-8-6-5-7-9-17/h1,5-13H,4,14-16H2,2H3. The molecule has 0 spiro atoms. The van der Waals surface area contributed by atoms with Gasteiger partial charge in [0.1, 0.15) is 17.4 Å². The number of rotatable bonds is 8. The minimum Gasteiger partial charge on any atom is -0.457 e. The summed E-state index contributed by atoms with van der Waals surface area (Å²) in [6, 6.07) is 15.8. The van der Waals surface area contributed by atoms with E-state index >= 15 is 0 Å². The lowest BCUT2D eigenvalue weighted by atomic mass is 10.3. The predicted octanol–water partition coefficient (Wildman–Crippen LogP) is 3.56. The fraction of sp³-hybridized carbons (Fsp3) is 0.263. The maximum absolute atomic E-state index is 12.5. The van der Waals surface area contributed by atoms with Crippen LogP contribution in [0.3, 0.4) is 0 Å². The van der Waals surface area contributed by atoms with Gasteiger partial charge in [-0.1, -0.05) is 31.0 Å². The van der Waals surface area contributed by atoms with Crippen LogP contribution in [-0.2, 0) is 9.84 Å². The van der Waals surface area contributed by atoms with E-state index in [1.165, 1.54) is 0 Å². The molecule has 0 aliphatic heterocycles. The van der Waals surface area contributed by atoms with Gasteiger partial charge in [-0.3, -0.25) is 4.90 Å². The van der Waals surface area contributed by atoms with Crippen LogP contribution in [0.1, 0.15) is 13.3 Å². The second-order valence-corrected chi connectivity index (χ2v) is 7.35. The van der Waals surface area contributed by atoms with E-state index in [2.05, 4.69) is 5.92 Å². The topological polar surface area (TPSA) is 46.6 Å². The van der Waals surface area contributed by atoms with Gasteiger partial charge in [0.25, 0.3) is 0 Å². The first kappa shape index (κ1) is 18.1. The quantitative estimate of drug-likeness (QED) is 0.688. The molecule has 0 aliphatic carbocycles. The molecule has 126 valence electrons. The average Bonchev–Trinajstić information content (AvgIpc) is 2.56. The zero-order valence-corrected chi connectivity index (χ0v) is 14.5. The first-order chi connectivity index (χ1) is 11.5. The highest BCUT2D eigenvalue weighted by atomic mass is 32.2. The first-order valence-electron chi connectivity index (χ1n) is 7.76. The Kier molecular flexibility index (Phi) is 6.42. The molecule has 5 heteroatoms. The summed E-state index contributed by atoms with van der Waals surface area (Å²) in [6.45, 7) is 2.97. The molecular formula is C19H21NO3S. The molecule has 0 atom stereocenters. The van der Waals surface area contributed by atoms with Crippen LogP contribution in [0.4, 0.5) is 0 Å². The summed E-state index contributed by atoms with van der Waals surface area (Å²) >= 11 is 0. The SMILES string of the molecule is C#CCN(CCC)CS(=O)(=O)c1ccc(Oc2ccccc2)cc1. The molecule has 0 radical (unpaired) electrons. The number of para-hydroxylation sites is 1. The Labute approximate surface area is 144 Å². The van der Waals surface area contributed by atoms with Crippen LogP contribution in [0.2, 0.25) is 0 Å². The zero-order valence-electron chi connectivity index (χ0n) is 13.7. The molecule has 0 unspecified atom stereocenters. The molecule has 0 bridgehead atoms. The van der Waals surface area contributed by atoms with Crippen LogP contribution in [-0.4, -0.2) is 32.3 Å². The van der Waals surface area contributed by atoms with E-state index in [0.717, 1.165) is 6.42 Å². The maximum atomic E-state index is 12.5. The zero-order chi connectivity index (χ0) is 17.4. The van der Waals surface area contributed by atoms with Crippen LogP contribution in [0, 0.1) is 12.3 Å². The monoisotopic (exact) mass is 343 g/mol. The Balaban J connectivity index is 2.09. The lowest BCUT2D eigenvalue weighted by Crippen LogP contribution is -2.31. The van der Waals surface area contributed by atoms with Crippen molar-refractivity contribution < 1.29 is 13.2 Å². The highest BCUT2D eigenvalue weighted by molar-refractivity contribution is 7.91. The van der Waals surface area contributed by atoms with Crippen molar-refractivity contribution in [3.63, 3.8) is 0 Å². The maximum Gasteiger partial charge on any atom is 0.191 e. The smallest absolute Gasteiger partial charge is 0.191 e. The van der Waals surface area contributed by atoms with Crippen LogP contribution in [0.25, 0.3) is 0 Å². The highest BCUT2D eigenvalue weighted by Crippen LogP contribution is 2.23. The third kappa shape index (κ3) is 5.12. The lowest BCUT2D eigenvalue weighted by molar-refractivity contribution is 0.351. The molecule has 2 aromatic carbocycles. The summed E-state index contributed by atoms with van der Waals surface area (Å²) in [5.41, 5.74) is 0. The van der Waals surface area contributed by atoms with Gasteiger partial charge in [-0.15, -0.1) is 6.42 Å². The second-order valence-electron chi connectivity index (χ2n) is 5.39. The van der Waals surface area contributed by atoms with Gasteiger partial charge in [0.05, 0.1) is 11.4 Å². The van der Waals surface area contributed by atoms with Crippen molar-refractivity contribution in [3.05, 3.63) is 54.6 Å². The Morgan fingerprint density at radius 1 is 1.04 bits per heavy atom. The number of hydrogen-bond donors (Lipinski definition) is 0. The molecule has 24 heavy (non-hydrogen) atoms. The van der Waals surface area contributed by atoms with E-state index in [1.54, 1.807) is 29.2 Å². The number of terminal acetylenes is 1. The fourth-order valence-corrected chi connectivity index (χ4v) is 3.69. The van der Waals surface area contributed by atoms with Crippen LogP contribution < -0.4 is 4.74 Å². The molecule has 0 saturated carbocycles. The summed E-state index contributed by atoms with van der Waals surface area (Å²) in [5, 5.41) is 0. The van der Waals surface area contributed by atoms with E-state index in [4.69, 9.17) is 11.2 Å². The van der Waals surface area contributed by atoms with Crippen molar-refractivity contribution in [2.24, 2.45) is 0 Å². The predicted molar refractivity (Wildman–Crippen MR) is 95.7 cm³/mol. The van der Waals surface area contributed by atoms with Crippen molar-refractivity contribution in [2.75, 3.05) is 19.0 Å². The third-order valence-electron chi connectivity index (χ3n) is 3.37. The fourth-order valence-electron chi connectivity index (χ4n) is 2.29. The molecular weight excluding hydrogens is 322 g/mol. The normalized spacial score (nSPS) is 11.2. The van der Waals surface area contributed by atoms with E-state index in [0.29, 0.717) is 24.6 Å². The van der Waals surface area contributed by atoms with E-state index < -0.39 is 9.84 Å². The Morgan fingerprint density at radius 2 is 1.67 bits per heavy atom. The van der Waals surface area contributed by atoms with Gasteiger partial charge in [0, 0.05) is 0 Å². The van der Waals surface area contributed by atoms with Gasteiger partial charge in [-0.2, -0.15) is 0 Å². The van der Waals surface area contributed by atoms with Crippen molar-refractivity contribution in [1.29, 1.82) is 0 Å². The minimum absolute atomic E-state index is 0.0794. The largest absolute Gasteiger partial charge is 0.457 e. The van der Waals surface area contributed by atoms with Crippen LogP contribution >= 0.6 is 0 Å². The van der Waals surface area contributed by atoms with Gasteiger partial charge >= 0.3 is 0 Å². The average molecular weight is 343 g/mol. The van der Waals surface area contributed by atoms with E-state index in [9.17, 15) is 8.42 Å². The van der Waals surface area contributed by atoms with Crippen molar-refractivity contribution in [2.45, 2.75) is 18.2 Å². The summed E-state index contributed by atoms with van der Waals surface area (Å²) in [6.07, 6.45) is 6.16. The van der Waals surface area contributed by atoms with Crippen LogP contribution in [0.15, 0.2) is 59.5 Å². The van der Waals surface area contributed by atoms with Gasteiger partial charge in [0.2, 0.25) is 0 Å². The number of sulfone groups is 1. The third-order valence-corrected chi connectivity index (χ3v) is 5.06. The number of ether oxygens (including phenoxy) is 1. The first-order valence-corrected chi connectivity index (χ1v) is 9.42. The molecule has 0 amide bonds. The summed E-state index contributed by atoms with van der Waals surface area (Å²) < 4.78 is 30.7.